The maximum Gasteiger partial charge on any atom is 0.255 e. The number of amides is 1. The number of halogens is 1. The van der Waals surface area contributed by atoms with Gasteiger partial charge in [0.15, 0.2) is 0 Å². The third-order valence-corrected chi connectivity index (χ3v) is 6.55. The second-order valence-corrected chi connectivity index (χ2v) is 9.15. The lowest BCUT2D eigenvalue weighted by atomic mass is 10.0. The first-order valence-corrected chi connectivity index (χ1v) is 12.1. The second kappa shape index (κ2) is 10.2. The molecule has 7 nitrogen and oxygen atoms in total. The summed E-state index contributed by atoms with van der Waals surface area (Å²) in [6, 6.07) is 13.9. The van der Waals surface area contributed by atoms with Gasteiger partial charge in [0.25, 0.3) is 5.91 Å². The average Bonchev–Trinajstić information content (AvgIpc) is 2.90. The minimum Gasteiger partial charge on any atom is -0.382 e. The summed E-state index contributed by atoms with van der Waals surface area (Å²) in [6.45, 7) is 5.24. The molecule has 37 heavy (non-hydrogen) atoms. The van der Waals surface area contributed by atoms with Crippen LogP contribution in [0.15, 0.2) is 60.9 Å². The molecule has 0 radical (unpaired) electrons. The Morgan fingerprint density at radius 1 is 1.03 bits per heavy atom. The zero-order valence-corrected chi connectivity index (χ0v) is 20.8. The molecule has 8 heteroatoms. The summed E-state index contributed by atoms with van der Waals surface area (Å²) < 4.78 is 14.9. The van der Waals surface area contributed by atoms with Gasteiger partial charge in [0.05, 0.1) is 11.3 Å². The summed E-state index contributed by atoms with van der Waals surface area (Å²) in [5, 5.41) is 3.62. The molecule has 0 atom stereocenters. The first-order chi connectivity index (χ1) is 17.9. The molecule has 3 heterocycles. The highest BCUT2D eigenvalue weighted by Gasteiger charge is 2.18. The van der Waals surface area contributed by atoms with Gasteiger partial charge in [-0.2, -0.15) is 0 Å². The average molecular weight is 495 g/mol. The number of carbonyl (C=O) groups is 1. The van der Waals surface area contributed by atoms with Crippen LogP contribution in [0, 0.1) is 24.6 Å². The number of nitrogens with one attached hydrogen (secondary N) is 1. The SMILES string of the molecule is Cc1ccc(C(=O)Nc2ccc(N3CCN(C)CC3)c(F)c2)cc1C#Cc1cnc(N)c2ncccc12. The van der Waals surface area contributed by atoms with Crippen molar-refractivity contribution in [2.24, 2.45) is 0 Å². The molecule has 2 aromatic carbocycles. The number of aromatic nitrogens is 2. The number of piperazine rings is 1. The standard InChI is InChI=1S/C29H27FN6O/c1-19-5-6-21(16-20(19)7-8-22-18-33-28(31)27-24(22)4-3-11-32-27)29(37)34-23-9-10-26(25(30)17-23)36-14-12-35(2)13-15-36/h3-6,9-11,16-18H,12-15H2,1-2H3,(H2,31,33)(H,34,37). The smallest absolute Gasteiger partial charge is 0.255 e. The number of rotatable bonds is 3. The van der Waals surface area contributed by atoms with E-state index in [4.69, 9.17) is 5.73 Å². The number of pyridine rings is 2. The van der Waals surface area contributed by atoms with Gasteiger partial charge in [-0.25, -0.2) is 9.37 Å². The van der Waals surface area contributed by atoms with Gasteiger partial charge >= 0.3 is 0 Å². The topological polar surface area (TPSA) is 87.4 Å². The van der Waals surface area contributed by atoms with Crippen molar-refractivity contribution in [3.63, 3.8) is 0 Å². The van der Waals surface area contributed by atoms with Crippen molar-refractivity contribution >= 4 is 34.0 Å². The van der Waals surface area contributed by atoms with E-state index >= 15 is 0 Å². The number of nitrogens with zero attached hydrogens (tertiary/aromatic N) is 4. The lowest BCUT2D eigenvalue weighted by Gasteiger charge is -2.34. The number of nitrogens with two attached hydrogens (primary N) is 1. The number of anilines is 3. The molecule has 0 saturated carbocycles. The Labute approximate surface area is 215 Å². The number of hydrogen-bond donors (Lipinski definition) is 2. The van der Waals surface area contributed by atoms with Crippen LogP contribution in [0.1, 0.15) is 27.0 Å². The fourth-order valence-electron chi connectivity index (χ4n) is 4.32. The van der Waals surface area contributed by atoms with E-state index in [9.17, 15) is 9.18 Å². The number of likely N-dealkylation sites (N-methyl/N-ethyl adjacent to an activating group) is 1. The molecule has 1 amide bonds. The van der Waals surface area contributed by atoms with Crippen molar-refractivity contribution in [3.8, 4) is 11.8 Å². The van der Waals surface area contributed by atoms with Gasteiger partial charge in [0, 0.05) is 60.8 Å². The summed E-state index contributed by atoms with van der Waals surface area (Å²) in [6.07, 6.45) is 3.29. The molecule has 1 saturated heterocycles. The molecular weight excluding hydrogens is 467 g/mol. The van der Waals surface area contributed by atoms with Crippen molar-refractivity contribution in [3.05, 3.63) is 89.0 Å². The highest BCUT2D eigenvalue weighted by atomic mass is 19.1. The third-order valence-electron chi connectivity index (χ3n) is 6.55. The monoisotopic (exact) mass is 494 g/mol. The van der Waals surface area contributed by atoms with Crippen LogP contribution >= 0.6 is 0 Å². The van der Waals surface area contributed by atoms with Gasteiger partial charge < -0.3 is 20.9 Å². The first kappa shape index (κ1) is 24.2. The molecule has 3 N–H and O–H groups in total. The largest absolute Gasteiger partial charge is 0.382 e. The number of hydrogen-bond acceptors (Lipinski definition) is 6. The van der Waals surface area contributed by atoms with E-state index in [0.717, 1.165) is 37.1 Å². The van der Waals surface area contributed by atoms with E-state index in [0.29, 0.717) is 39.4 Å². The summed E-state index contributed by atoms with van der Waals surface area (Å²) in [7, 11) is 2.06. The number of nitrogen functional groups attached to an aromatic ring is 1. The molecule has 1 aliphatic heterocycles. The van der Waals surface area contributed by atoms with Crippen LogP contribution in [0.3, 0.4) is 0 Å². The predicted molar refractivity (Wildman–Crippen MR) is 145 cm³/mol. The highest BCUT2D eigenvalue weighted by molar-refractivity contribution is 6.04. The van der Waals surface area contributed by atoms with Gasteiger partial charge in [-0.05, 0) is 62.0 Å². The van der Waals surface area contributed by atoms with Crippen LogP contribution < -0.4 is 16.0 Å². The molecule has 0 unspecified atom stereocenters. The first-order valence-electron chi connectivity index (χ1n) is 12.1. The highest BCUT2D eigenvalue weighted by Crippen LogP contribution is 2.25. The fourth-order valence-corrected chi connectivity index (χ4v) is 4.32. The summed E-state index contributed by atoms with van der Waals surface area (Å²) in [5.41, 5.74) is 10.3. The predicted octanol–water partition coefficient (Wildman–Crippen LogP) is 4.06. The Kier molecular flexibility index (Phi) is 6.71. The maximum absolute atomic E-state index is 14.9. The summed E-state index contributed by atoms with van der Waals surface area (Å²) in [5.74, 6) is 5.95. The zero-order valence-electron chi connectivity index (χ0n) is 20.8. The van der Waals surface area contributed by atoms with Crippen LogP contribution in [0.5, 0.6) is 0 Å². The number of benzene rings is 2. The molecule has 1 aliphatic rings. The maximum atomic E-state index is 14.9. The van der Waals surface area contributed by atoms with Crippen molar-refractivity contribution in [1.82, 2.24) is 14.9 Å². The molecule has 4 aromatic rings. The molecular formula is C29H27FN6O. The molecule has 186 valence electrons. The Balaban J connectivity index is 1.35. The molecule has 0 spiro atoms. The van der Waals surface area contributed by atoms with Crippen molar-refractivity contribution in [1.29, 1.82) is 0 Å². The lowest BCUT2D eigenvalue weighted by Crippen LogP contribution is -2.44. The van der Waals surface area contributed by atoms with Crippen LogP contribution in [-0.4, -0.2) is 54.0 Å². The van der Waals surface area contributed by atoms with E-state index < -0.39 is 0 Å². The molecule has 5 rings (SSSR count). The van der Waals surface area contributed by atoms with Crippen LogP contribution in [0.25, 0.3) is 10.9 Å². The van der Waals surface area contributed by atoms with E-state index in [1.807, 2.05) is 30.0 Å². The number of carbonyl (C=O) groups excluding carboxylic acids is 1. The number of aryl methyl sites for hydroxylation is 1. The van der Waals surface area contributed by atoms with Crippen molar-refractivity contribution in [2.75, 3.05) is 49.2 Å². The molecule has 1 fully saturated rings. The molecule has 0 aliphatic carbocycles. The van der Waals surface area contributed by atoms with Gasteiger partial charge in [-0.3, -0.25) is 9.78 Å². The molecule has 0 bridgehead atoms. The zero-order chi connectivity index (χ0) is 25.9. The van der Waals surface area contributed by atoms with Crippen LogP contribution in [-0.2, 0) is 0 Å². The Morgan fingerprint density at radius 2 is 1.81 bits per heavy atom. The van der Waals surface area contributed by atoms with E-state index in [-0.39, 0.29) is 11.7 Å². The van der Waals surface area contributed by atoms with Crippen molar-refractivity contribution in [2.45, 2.75) is 6.92 Å². The third kappa shape index (κ3) is 5.22. The van der Waals surface area contributed by atoms with Gasteiger partial charge in [-0.15, -0.1) is 0 Å². The van der Waals surface area contributed by atoms with E-state index in [2.05, 4.69) is 39.1 Å². The quantitative estimate of drug-likeness (QED) is 0.418. The minimum absolute atomic E-state index is 0.335. The Hall–Kier alpha value is -4.48. The number of fused-ring (bicyclic) bond motifs is 1. The Morgan fingerprint density at radius 3 is 2.59 bits per heavy atom. The summed E-state index contributed by atoms with van der Waals surface area (Å²) in [4.78, 5) is 25.7. The fraction of sp³-hybridized carbons (Fsp3) is 0.207. The van der Waals surface area contributed by atoms with Crippen LogP contribution in [0.2, 0.25) is 0 Å². The van der Waals surface area contributed by atoms with Gasteiger partial charge in [0.1, 0.15) is 17.2 Å². The minimum atomic E-state index is -0.350. The molecule has 2 aromatic heterocycles. The second-order valence-electron chi connectivity index (χ2n) is 9.15. The summed E-state index contributed by atoms with van der Waals surface area (Å²) >= 11 is 0. The van der Waals surface area contributed by atoms with Crippen molar-refractivity contribution < 1.29 is 9.18 Å². The normalized spacial score (nSPS) is 13.8. The Bertz CT molecular complexity index is 1550. The van der Waals surface area contributed by atoms with Gasteiger partial charge in [0.2, 0.25) is 0 Å². The lowest BCUT2D eigenvalue weighted by molar-refractivity contribution is 0.102. The van der Waals surface area contributed by atoms with Gasteiger partial charge in [-0.1, -0.05) is 17.9 Å². The van der Waals surface area contributed by atoms with E-state index in [1.165, 1.54) is 6.07 Å². The van der Waals surface area contributed by atoms with Crippen LogP contribution in [0.4, 0.5) is 21.6 Å². The van der Waals surface area contributed by atoms with E-state index in [1.54, 1.807) is 36.7 Å².